The Morgan fingerprint density at radius 3 is 2.50 bits per heavy atom. The Morgan fingerprint density at radius 2 is 2.33 bits per heavy atom. The zero-order chi connectivity index (χ0) is 3.54. The van der Waals surface area contributed by atoms with Crippen molar-refractivity contribution < 1.29 is 22.4 Å². The van der Waals surface area contributed by atoms with E-state index in [1.165, 1.54) is 5.75 Å². The fourth-order valence-electron chi connectivity index (χ4n) is 0.196. The summed E-state index contributed by atoms with van der Waals surface area (Å²) < 4.78 is 0. The molecule has 0 saturated heterocycles. The molecular formula is C3H4AuS2. The quantitative estimate of drug-likeness (QED) is 0.495. The molecule has 0 spiro atoms. The summed E-state index contributed by atoms with van der Waals surface area (Å²) in [5, 5.41) is 2.12. The molecule has 0 aromatic heterocycles. The molecular weight excluding hydrogens is 297 g/mol. The number of rotatable bonds is 0. The van der Waals surface area contributed by atoms with E-state index in [9.17, 15) is 0 Å². The third kappa shape index (κ3) is 2.37. The molecule has 1 aliphatic rings. The zero-order valence-electron chi connectivity index (χ0n) is 2.98. The molecule has 0 bridgehead atoms. The minimum absolute atomic E-state index is 0. The Hall–Kier alpha value is 1.18. The standard InChI is InChI=1S/C3H4S2.Au/c1-2-4-5-3-1;/h1-2H,3H2;. The second-order valence-electron chi connectivity index (χ2n) is 0.753. The van der Waals surface area contributed by atoms with Gasteiger partial charge in [0.1, 0.15) is 0 Å². The molecule has 0 amide bonds. The first-order chi connectivity index (χ1) is 2.50. The van der Waals surface area contributed by atoms with E-state index in [4.69, 9.17) is 0 Å². The predicted octanol–water partition coefficient (Wildman–Crippen LogP) is 1.89. The van der Waals surface area contributed by atoms with E-state index in [-0.39, 0.29) is 22.4 Å². The van der Waals surface area contributed by atoms with Gasteiger partial charge in [-0.25, -0.2) is 0 Å². The van der Waals surface area contributed by atoms with E-state index in [2.05, 4.69) is 11.5 Å². The van der Waals surface area contributed by atoms with Crippen LogP contribution in [0, 0.1) is 0 Å². The normalized spacial score (nSPS) is 17.3. The van der Waals surface area contributed by atoms with Crippen LogP contribution in [0.3, 0.4) is 0 Å². The first kappa shape index (κ1) is 7.18. The van der Waals surface area contributed by atoms with Crippen LogP contribution < -0.4 is 0 Å². The minimum Gasteiger partial charge on any atom is -0.0854 e. The van der Waals surface area contributed by atoms with Crippen molar-refractivity contribution in [2.75, 3.05) is 5.75 Å². The van der Waals surface area contributed by atoms with Gasteiger partial charge in [-0.1, -0.05) is 27.7 Å². The molecule has 3 heteroatoms. The molecule has 6 heavy (non-hydrogen) atoms. The van der Waals surface area contributed by atoms with Crippen LogP contribution in [0.5, 0.6) is 0 Å². The largest absolute Gasteiger partial charge is 0.0854 e. The molecule has 0 N–H and O–H groups in total. The van der Waals surface area contributed by atoms with Gasteiger partial charge < -0.3 is 0 Å². The van der Waals surface area contributed by atoms with Gasteiger partial charge in [0.25, 0.3) is 0 Å². The fourth-order valence-corrected chi connectivity index (χ4v) is 1.77. The van der Waals surface area contributed by atoms with Crippen LogP contribution in [0.2, 0.25) is 0 Å². The molecule has 0 aromatic rings. The summed E-state index contributed by atoms with van der Waals surface area (Å²) in [6.07, 6.45) is 2.16. The van der Waals surface area contributed by atoms with Gasteiger partial charge in [0, 0.05) is 28.1 Å². The zero-order valence-corrected chi connectivity index (χ0v) is 6.78. The Labute approximate surface area is 61.1 Å². The Bertz CT molecular complexity index is 46.8. The molecule has 0 aromatic carbocycles. The summed E-state index contributed by atoms with van der Waals surface area (Å²) in [7, 11) is 3.69. The van der Waals surface area contributed by atoms with E-state index < -0.39 is 0 Å². The van der Waals surface area contributed by atoms with Gasteiger partial charge in [0.2, 0.25) is 0 Å². The molecule has 1 radical (unpaired) electrons. The van der Waals surface area contributed by atoms with Crippen molar-refractivity contribution in [2.45, 2.75) is 0 Å². The van der Waals surface area contributed by atoms with Gasteiger partial charge in [0.15, 0.2) is 0 Å². The van der Waals surface area contributed by atoms with Gasteiger partial charge in [0.05, 0.1) is 0 Å². The Morgan fingerprint density at radius 1 is 1.50 bits per heavy atom. The summed E-state index contributed by atoms with van der Waals surface area (Å²) >= 11 is 0. The van der Waals surface area contributed by atoms with Gasteiger partial charge in [-0.05, 0) is 5.41 Å². The molecule has 0 unspecified atom stereocenters. The van der Waals surface area contributed by atoms with Crippen molar-refractivity contribution in [3.05, 3.63) is 11.5 Å². The molecule has 0 fully saturated rings. The first-order valence-electron chi connectivity index (χ1n) is 1.43. The van der Waals surface area contributed by atoms with Gasteiger partial charge in [-0.2, -0.15) is 0 Å². The smallest absolute Gasteiger partial charge is 0.0229 e. The molecule has 1 aliphatic heterocycles. The second kappa shape index (κ2) is 4.34. The molecule has 0 nitrogen and oxygen atoms in total. The van der Waals surface area contributed by atoms with Gasteiger partial charge in [-0.15, -0.1) is 0 Å². The first-order valence-corrected chi connectivity index (χ1v) is 3.81. The summed E-state index contributed by atoms with van der Waals surface area (Å²) in [5.41, 5.74) is 0. The fraction of sp³-hybridized carbons (Fsp3) is 0.333. The van der Waals surface area contributed by atoms with E-state index in [1.54, 1.807) is 0 Å². The number of hydrogen-bond donors (Lipinski definition) is 0. The van der Waals surface area contributed by atoms with E-state index in [0.717, 1.165) is 0 Å². The molecule has 0 aliphatic carbocycles. The molecule has 0 saturated carbocycles. The predicted molar refractivity (Wildman–Crippen MR) is 29.2 cm³/mol. The molecule has 39 valence electrons. The summed E-state index contributed by atoms with van der Waals surface area (Å²) in [5.74, 6) is 1.20. The monoisotopic (exact) mass is 301 g/mol. The van der Waals surface area contributed by atoms with Crippen LogP contribution in [0.15, 0.2) is 11.5 Å². The van der Waals surface area contributed by atoms with E-state index in [1.807, 2.05) is 21.6 Å². The maximum Gasteiger partial charge on any atom is 0.0229 e. The van der Waals surface area contributed by atoms with Crippen LogP contribution in [-0.2, 0) is 22.4 Å². The average Bonchev–Trinajstić information content (AvgIpc) is 1.76. The average molecular weight is 301 g/mol. The van der Waals surface area contributed by atoms with Crippen molar-refractivity contribution in [2.24, 2.45) is 0 Å². The van der Waals surface area contributed by atoms with Crippen molar-refractivity contribution in [3.8, 4) is 0 Å². The maximum atomic E-state index is 2.16. The van der Waals surface area contributed by atoms with E-state index >= 15 is 0 Å². The summed E-state index contributed by atoms with van der Waals surface area (Å²) in [6, 6.07) is 0. The summed E-state index contributed by atoms with van der Waals surface area (Å²) in [6.45, 7) is 0. The van der Waals surface area contributed by atoms with Crippen LogP contribution in [0.1, 0.15) is 0 Å². The van der Waals surface area contributed by atoms with Crippen LogP contribution in [0.4, 0.5) is 0 Å². The molecule has 1 rings (SSSR count). The van der Waals surface area contributed by atoms with Crippen molar-refractivity contribution >= 4 is 21.6 Å². The minimum atomic E-state index is 0. The molecule has 0 atom stereocenters. The SMILES string of the molecule is C1=CSSC1.[Au]. The third-order valence-corrected chi connectivity index (χ3v) is 2.30. The van der Waals surface area contributed by atoms with Gasteiger partial charge in [-0.3, -0.25) is 0 Å². The number of hydrogen-bond acceptors (Lipinski definition) is 2. The van der Waals surface area contributed by atoms with Crippen molar-refractivity contribution in [3.63, 3.8) is 0 Å². The van der Waals surface area contributed by atoms with E-state index in [0.29, 0.717) is 0 Å². The van der Waals surface area contributed by atoms with Crippen molar-refractivity contribution in [1.82, 2.24) is 0 Å². The molecule has 1 heterocycles. The van der Waals surface area contributed by atoms with Crippen molar-refractivity contribution in [1.29, 1.82) is 0 Å². The Kier molecular flexibility index (Phi) is 5.20. The van der Waals surface area contributed by atoms with Crippen LogP contribution in [-0.4, -0.2) is 5.75 Å². The van der Waals surface area contributed by atoms with Gasteiger partial charge >= 0.3 is 0 Å². The summed E-state index contributed by atoms with van der Waals surface area (Å²) in [4.78, 5) is 0. The van der Waals surface area contributed by atoms with Crippen LogP contribution >= 0.6 is 21.6 Å². The maximum absolute atomic E-state index is 2.16. The second-order valence-corrected chi connectivity index (χ2v) is 3.07. The Balaban J connectivity index is 0.000000250. The van der Waals surface area contributed by atoms with Crippen LogP contribution in [0.25, 0.3) is 0 Å². The third-order valence-electron chi connectivity index (χ3n) is 0.384. The topological polar surface area (TPSA) is 0 Å².